The molecular formula is C16H13ClFNO3. The van der Waals surface area contributed by atoms with E-state index in [2.05, 4.69) is 5.32 Å². The third-order valence-electron chi connectivity index (χ3n) is 2.83. The van der Waals surface area contributed by atoms with Crippen LogP contribution in [0.2, 0.25) is 5.02 Å². The predicted octanol–water partition coefficient (Wildman–Crippen LogP) is 2.95. The molecular weight excluding hydrogens is 309 g/mol. The molecule has 0 fully saturated rings. The molecule has 0 unspecified atom stereocenters. The fourth-order valence-corrected chi connectivity index (χ4v) is 1.99. The van der Waals surface area contributed by atoms with Gasteiger partial charge in [-0.3, -0.25) is 9.59 Å². The normalized spacial score (nSPS) is 10.1. The van der Waals surface area contributed by atoms with E-state index in [4.69, 9.17) is 16.3 Å². The first-order valence-corrected chi connectivity index (χ1v) is 6.87. The molecule has 2 aromatic rings. The highest BCUT2D eigenvalue weighted by Crippen LogP contribution is 2.18. The van der Waals surface area contributed by atoms with Gasteiger partial charge in [0.1, 0.15) is 19.0 Å². The van der Waals surface area contributed by atoms with E-state index in [1.807, 2.05) is 30.3 Å². The summed E-state index contributed by atoms with van der Waals surface area (Å²) in [6, 6.07) is 13.0. The van der Waals surface area contributed by atoms with E-state index >= 15 is 0 Å². The summed E-state index contributed by atoms with van der Waals surface area (Å²) in [5.74, 6) is -2.13. The molecule has 114 valence electrons. The van der Waals surface area contributed by atoms with Gasteiger partial charge in [0.15, 0.2) is 0 Å². The van der Waals surface area contributed by atoms with Gasteiger partial charge in [-0.05, 0) is 17.7 Å². The second-order valence-corrected chi connectivity index (χ2v) is 4.83. The van der Waals surface area contributed by atoms with Crippen molar-refractivity contribution < 1.29 is 18.7 Å². The highest BCUT2D eigenvalue weighted by molar-refractivity contribution is 6.33. The number of esters is 1. The number of carbonyl (C=O) groups excluding carboxylic acids is 2. The molecule has 1 amide bonds. The Balaban J connectivity index is 1.85. The smallest absolute Gasteiger partial charge is 0.325 e. The average molecular weight is 322 g/mol. The van der Waals surface area contributed by atoms with Gasteiger partial charge in [0.05, 0.1) is 10.6 Å². The van der Waals surface area contributed by atoms with Crippen LogP contribution in [-0.2, 0) is 16.1 Å². The molecule has 22 heavy (non-hydrogen) atoms. The van der Waals surface area contributed by atoms with Gasteiger partial charge in [-0.15, -0.1) is 0 Å². The summed E-state index contributed by atoms with van der Waals surface area (Å²) < 4.78 is 18.5. The van der Waals surface area contributed by atoms with Crippen molar-refractivity contribution in [3.8, 4) is 0 Å². The van der Waals surface area contributed by atoms with E-state index < -0.39 is 17.7 Å². The molecule has 0 aliphatic heterocycles. The minimum Gasteiger partial charge on any atom is -0.460 e. The monoisotopic (exact) mass is 321 g/mol. The number of hydrogen-bond donors (Lipinski definition) is 1. The maximum absolute atomic E-state index is 13.5. The summed E-state index contributed by atoms with van der Waals surface area (Å²) >= 11 is 5.76. The first-order chi connectivity index (χ1) is 10.6. The number of benzene rings is 2. The lowest BCUT2D eigenvalue weighted by atomic mass is 10.2. The summed E-state index contributed by atoms with van der Waals surface area (Å²) in [5.41, 5.74) is 0.541. The standard InChI is InChI=1S/C16H13ClFNO3/c17-12-7-4-8-13(18)15(12)16(21)19-9-14(20)22-10-11-5-2-1-3-6-11/h1-8H,9-10H2,(H,19,21). The molecule has 0 atom stereocenters. The third kappa shape index (κ3) is 4.30. The third-order valence-corrected chi connectivity index (χ3v) is 3.14. The van der Waals surface area contributed by atoms with Crippen LogP contribution in [0.25, 0.3) is 0 Å². The summed E-state index contributed by atoms with van der Waals surface area (Å²) in [6.07, 6.45) is 0. The molecule has 4 nitrogen and oxygen atoms in total. The van der Waals surface area contributed by atoms with E-state index in [9.17, 15) is 14.0 Å². The maximum atomic E-state index is 13.5. The van der Waals surface area contributed by atoms with Gasteiger partial charge in [0, 0.05) is 0 Å². The van der Waals surface area contributed by atoms with Gasteiger partial charge >= 0.3 is 5.97 Å². The first kappa shape index (κ1) is 16.0. The van der Waals surface area contributed by atoms with E-state index in [1.165, 1.54) is 12.1 Å². The maximum Gasteiger partial charge on any atom is 0.325 e. The molecule has 0 aliphatic rings. The van der Waals surface area contributed by atoms with Crippen LogP contribution in [-0.4, -0.2) is 18.4 Å². The Morgan fingerprint density at radius 2 is 1.82 bits per heavy atom. The van der Waals surface area contributed by atoms with Crippen LogP contribution in [0, 0.1) is 5.82 Å². The topological polar surface area (TPSA) is 55.4 Å². The van der Waals surface area contributed by atoms with E-state index in [0.29, 0.717) is 0 Å². The molecule has 0 saturated heterocycles. The van der Waals surface area contributed by atoms with Gasteiger partial charge in [-0.2, -0.15) is 0 Å². The summed E-state index contributed by atoms with van der Waals surface area (Å²) in [5, 5.41) is 2.26. The van der Waals surface area contributed by atoms with E-state index in [1.54, 1.807) is 0 Å². The molecule has 2 rings (SSSR count). The fraction of sp³-hybridized carbons (Fsp3) is 0.125. The highest BCUT2D eigenvalue weighted by Gasteiger charge is 2.16. The van der Waals surface area contributed by atoms with Crippen LogP contribution in [0.5, 0.6) is 0 Å². The predicted molar refractivity (Wildman–Crippen MR) is 80.0 cm³/mol. The van der Waals surface area contributed by atoms with Crippen molar-refractivity contribution in [3.63, 3.8) is 0 Å². The molecule has 0 radical (unpaired) electrons. The van der Waals surface area contributed by atoms with Crippen LogP contribution in [0.3, 0.4) is 0 Å². The lowest BCUT2D eigenvalue weighted by molar-refractivity contribution is -0.143. The summed E-state index contributed by atoms with van der Waals surface area (Å²) in [4.78, 5) is 23.4. The first-order valence-electron chi connectivity index (χ1n) is 6.49. The lowest BCUT2D eigenvalue weighted by Crippen LogP contribution is -2.31. The molecule has 6 heteroatoms. The zero-order valence-corrected chi connectivity index (χ0v) is 12.3. The van der Waals surface area contributed by atoms with Crippen molar-refractivity contribution >= 4 is 23.5 Å². The lowest BCUT2D eigenvalue weighted by Gasteiger charge is -2.08. The van der Waals surface area contributed by atoms with Crippen LogP contribution in [0.4, 0.5) is 4.39 Å². The molecule has 0 aromatic heterocycles. The zero-order chi connectivity index (χ0) is 15.9. The van der Waals surface area contributed by atoms with Crippen molar-refractivity contribution in [2.75, 3.05) is 6.54 Å². The minimum absolute atomic E-state index is 0.0184. The average Bonchev–Trinajstić information content (AvgIpc) is 2.52. The van der Waals surface area contributed by atoms with Crippen LogP contribution < -0.4 is 5.32 Å². The summed E-state index contributed by atoms with van der Waals surface area (Å²) in [7, 11) is 0. The Morgan fingerprint density at radius 1 is 1.09 bits per heavy atom. The Labute approximate surface area is 131 Å². The van der Waals surface area contributed by atoms with Crippen LogP contribution in [0.15, 0.2) is 48.5 Å². The Kier molecular flexibility index (Phi) is 5.49. The van der Waals surface area contributed by atoms with Gasteiger partial charge in [-0.25, -0.2) is 4.39 Å². The van der Waals surface area contributed by atoms with Crippen molar-refractivity contribution in [1.82, 2.24) is 5.32 Å². The Morgan fingerprint density at radius 3 is 2.50 bits per heavy atom. The highest BCUT2D eigenvalue weighted by atomic mass is 35.5. The Bertz CT molecular complexity index is 656. The van der Waals surface area contributed by atoms with Gasteiger partial charge in [0.25, 0.3) is 5.91 Å². The molecule has 0 saturated carbocycles. The van der Waals surface area contributed by atoms with Gasteiger partial charge in [-0.1, -0.05) is 48.0 Å². The Hall–Kier alpha value is -2.40. The van der Waals surface area contributed by atoms with Crippen molar-refractivity contribution in [3.05, 3.63) is 70.5 Å². The van der Waals surface area contributed by atoms with Crippen molar-refractivity contribution in [2.24, 2.45) is 0 Å². The molecule has 1 N–H and O–H groups in total. The van der Waals surface area contributed by atoms with Gasteiger partial charge < -0.3 is 10.1 Å². The number of hydrogen-bond acceptors (Lipinski definition) is 3. The number of nitrogens with one attached hydrogen (secondary N) is 1. The number of carbonyl (C=O) groups is 2. The molecule has 2 aromatic carbocycles. The number of rotatable bonds is 5. The van der Waals surface area contributed by atoms with E-state index in [0.717, 1.165) is 11.6 Å². The largest absolute Gasteiger partial charge is 0.460 e. The number of halogens is 2. The quantitative estimate of drug-likeness (QED) is 0.861. The van der Waals surface area contributed by atoms with Gasteiger partial charge in [0.2, 0.25) is 0 Å². The second kappa shape index (κ2) is 7.56. The number of ether oxygens (including phenoxy) is 1. The zero-order valence-electron chi connectivity index (χ0n) is 11.5. The fourth-order valence-electron chi connectivity index (χ4n) is 1.74. The molecule has 0 aliphatic carbocycles. The van der Waals surface area contributed by atoms with Crippen molar-refractivity contribution in [2.45, 2.75) is 6.61 Å². The van der Waals surface area contributed by atoms with Crippen molar-refractivity contribution in [1.29, 1.82) is 0 Å². The minimum atomic E-state index is -0.764. The second-order valence-electron chi connectivity index (χ2n) is 4.43. The molecule has 0 spiro atoms. The molecule has 0 bridgehead atoms. The van der Waals surface area contributed by atoms with Crippen LogP contribution >= 0.6 is 11.6 Å². The SMILES string of the molecule is O=C(CNC(=O)c1c(F)cccc1Cl)OCc1ccccc1. The van der Waals surface area contributed by atoms with Crippen LogP contribution in [0.1, 0.15) is 15.9 Å². The van der Waals surface area contributed by atoms with E-state index in [-0.39, 0.29) is 23.7 Å². The molecule has 0 heterocycles. The number of amides is 1. The summed E-state index contributed by atoms with van der Waals surface area (Å²) in [6.45, 7) is -0.258.